The molecule has 4 rings (SSSR count). The lowest BCUT2D eigenvalue weighted by molar-refractivity contribution is 0.407. The average molecular weight is 494 g/mol. The Labute approximate surface area is 216 Å². The molecule has 2 aromatic carbocycles. The minimum Gasteiger partial charge on any atom is -0.370 e. The number of hydrogen-bond acceptors (Lipinski definition) is 4. The third-order valence-electron chi connectivity index (χ3n) is 5.99. The number of rotatable bonds is 6. The third kappa shape index (κ3) is 5.63. The Morgan fingerprint density at radius 3 is 2.54 bits per heavy atom. The van der Waals surface area contributed by atoms with E-state index in [2.05, 4.69) is 29.4 Å². The maximum atomic E-state index is 14.5. The van der Waals surface area contributed by atoms with E-state index in [0.29, 0.717) is 23.2 Å². The molecule has 37 heavy (non-hydrogen) atoms. The van der Waals surface area contributed by atoms with Crippen LogP contribution >= 0.6 is 0 Å². The number of terminal acetylenes is 1. The van der Waals surface area contributed by atoms with Crippen LogP contribution in [-0.4, -0.2) is 26.8 Å². The molecule has 0 atom stereocenters. The molecule has 3 aromatic rings. The molecule has 0 saturated heterocycles. The van der Waals surface area contributed by atoms with Gasteiger partial charge in [-0.1, -0.05) is 30.9 Å². The topological polar surface area (TPSA) is 78.9 Å². The fourth-order valence-corrected chi connectivity index (χ4v) is 4.18. The molecule has 0 amide bonds. The molecule has 1 aliphatic rings. The molecule has 7 heteroatoms. The second-order valence-electron chi connectivity index (χ2n) is 8.24. The molecule has 0 saturated carbocycles. The van der Waals surface area contributed by atoms with E-state index in [-0.39, 0.29) is 5.69 Å². The fraction of sp³-hybridized carbons (Fsp3) is 0.133. The number of fused-ring (bicyclic) bond motifs is 1. The number of nitrogens with one attached hydrogen (secondary N) is 2. The van der Waals surface area contributed by atoms with Gasteiger partial charge in [0.15, 0.2) is 0 Å². The molecule has 0 bridgehead atoms. The first kappa shape index (κ1) is 26.6. The van der Waals surface area contributed by atoms with Gasteiger partial charge in [0, 0.05) is 53.6 Å². The zero-order valence-electron chi connectivity index (χ0n) is 21.0. The van der Waals surface area contributed by atoms with Crippen molar-refractivity contribution in [1.29, 1.82) is 5.26 Å². The van der Waals surface area contributed by atoms with E-state index in [9.17, 15) is 9.18 Å². The quantitative estimate of drug-likeness (QED) is 0.427. The Hall–Kier alpha value is -5.01. The maximum absolute atomic E-state index is 14.5. The summed E-state index contributed by atoms with van der Waals surface area (Å²) in [7, 11) is 1.90. The molecule has 2 N–H and O–H groups in total. The minimum absolute atomic E-state index is 0.251. The average Bonchev–Trinajstić information content (AvgIpc) is 3.30. The lowest BCUT2D eigenvalue weighted by Gasteiger charge is -2.31. The molecule has 0 radical (unpaired) electrons. The summed E-state index contributed by atoms with van der Waals surface area (Å²) in [6, 6.07) is 12.2. The lowest BCUT2D eigenvalue weighted by Crippen LogP contribution is -2.23. The Bertz CT molecular complexity index is 1570. The highest BCUT2D eigenvalue weighted by molar-refractivity contribution is 5.80. The summed E-state index contributed by atoms with van der Waals surface area (Å²) in [5.74, 6) is -0.399. The molecule has 1 aromatic heterocycles. The number of nitriles is 1. The molecule has 6 nitrogen and oxygen atoms in total. The van der Waals surface area contributed by atoms with Crippen molar-refractivity contribution in [2.45, 2.75) is 20.4 Å². The van der Waals surface area contributed by atoms with Crippen LogP contribution < -0.4 is 5.69 Å². The van der Waals surface area contributed by atoms with Gasteiger partial charge in [0.25, 0.3) is 0 Å². The van der Waals surface area contributed by atoms with Crippen LogP contribution in [0.1, 0.15) is 30.5 Å². The zero-order chi connectivity index (χ0) is 27.1. The molecule has 0 fully saturated rings. The number of aromatic nitrogens is 2. The van der Waals surface area contributed by atoms with Crippen LogP contribution in [0.4, 0.5) is 4.39 Å². The van der Waals surface area contributed by atoms with Gasteiger partial charge in [-0.2, -0.15) is 5.26 Å². The number of benzene rings is 2. The predicted octanol–water partition coefficient (Wildman–Crippen LogP) is 5.78. The van der Waals surface area contributed by atoms with E-state index in [0.717, 1.165) is 33.7 Å². The van der Waals surface area contributed by atoms with Gasteiger partial charge in [-0.25, -0.2) is 9.18 Å². The van der Waals surface area contributed by atoms with Gasteiger partial charge in [0.05, 0.1) is 22.7 Å². The smallest absolute Gasteiger partial charge is 0.323 e. The molecule has 2 heterocycles. The second kappa shape index (κ2) is 11.6. The monoisotopic (exact) mass is 493 g/mol. The van der Waals surface area contributed by atoms with Crippen molar-refractivity contribution >= 4 is 16.7 Å². The summed E-state index contributed by atoms with van der Waals surface area (Å²) >= 11 is 0. The van der Waals surface area contributed by atoms with Crippen molar-refractivity contribution in [3.63, 3.8) is 0 Å². The summed E-state index contributed by atoms with van der Waals surface area (Å²) in [4.78, 5) is 21.2. The second-order valence-corrected chi connectivity index (χ2v) is 8.24. The van der Waals surface area contributed by atoms with Crippen molar-refractivity contribution in [3.8, 4) is 18.9 Å². The standard InChI is InChI=1S/C28H26FN5O.C2H2/c1-5-23-11-9-22(27(6-2)33(4)16-21-8-7-19(15-30)13-24(21)29)17-34(23)18(3)20-10-12-25-26(14-20)32-28(35)31-25;1-2/h5-14,17H,3,16H2,1-2,4H3,(H2,31,32,35);1-2H/b23-5-,27-6-;. The van der Waals surface area contributed by atoms with Gasteiger partial charge in [-0.3, -0.25) is 0 Å². The highest BCUT2D eigenvalue weighted by atomic mass is 19.1. The molecule has 0 unspecified atom stereocenters. The molecule has 0 aliphatic carbocycles. The summed E-state index contributed by atoms with van der Waals surface area (Å²) in [6.07, 6.45) is 18.0. The first-order valence-corrected chi connectivity index (χ1v) is 11.5. The Morgan fingerprint density at radius 2 is 1.89 bits per heavy atom. The molecule has 186 valence electrons. The van der Waals surface area contributed by atoms with E-state index < -0.39 is 5.82 Å². The minimum atomic E-state index is -0.399. The molecule has 1 aliphatic heterocycles. The van der Waals surface area contributed by atoms with E-state index in [1.807, 2.05) is 85.5 Å². The van der Waals surface area contributed by atoms with Gasteiger partial charge in [-0.15, -0.1) is 12.8 Å². The van der Waals surface area contributed by atoms with Gasteiger partial charge >= 0.3 is 5.69 Å². The van der Waals surface area contributed by atoms with Gasteiger partial charge in [-0.05, 0) is 50.3 Å². The normalized spacial score (nSPS) is 14.1. The van der Waals surface area contributed by atoms with Crippen LogP contribution in [0, 0.1) is 30.0 Å². The van der Waals surface area contributed by atoms with Crippen molar-refractivity contribution in [2.75, 3.05) is 7.05 Å². The van der Waals surface area contributed by atoms with Crippen molar-refractivity contribution in [1.82, 2.24) is 19.8 Å². The SMILES string of the molecule is C#C.C=C(c1ccc2[nH]c(=O)[nH]c2c1)N1C=C(/C(=C/C)N(C)Cc2ccc(C#N)cc2F)C=C/C1=C/C. The summed E-state index contributed by atoms with van der Waals surface area (Å²) in [5, 5.41) is 8.99. The number of hydrogen-bond donors (Lipinski definition) is 2. The van der Waals surface area contributed by atoms with Crippen LogP contribution in [0.15, 0.2) is 95.2 Å². The number of H-pyrrole nitrogens is 2. The Balaban J connectivity index is 0.00000186. The molecular weight excluding hydrogens is 465 g/mol. The third-order valence-corrected chi connectivity index (χ3v) is 5.99. The van der Waals surface area contributed by atoms with E-state index in [1.165, 1.54) is 6.07 Å². The Morgan fingerprint density at radius 1 is 1.16 bits per heavy atom. The van der Waals surface area contributed by atoms with Gasteiger partial charge in [0.1, 0.15) is 5.82 Å². The number of allylic oxidation sites excluding steroid dienone is 4. The molecule has 0 spiro atoms. The van der Waals surface area contributed by atoms with Crippen molar-refractivity contribution in [3.05, 3.63) is 123 Å². The zero-order valence-corrected chi connectivity index (χ0v) is 21.0. The van der Waals surface area contributed by atoms with Crippen LogP contribution in [0.2, 0.25) is 0 Å². The number of nitrogens with zero attached hydrogens (tertiary/aromatic N) is 3. The summed E-state index contributed by atoms with van der Waals surface area (Å²) < 4.78 is 14.5. The van der Waals surface area contributed by atoms with Crippen molar-refractivity contribution < 1.29 is 4.39 Å². The van der Waals surface area contributed by atoms with Crippen LogP contribution in [-0.2, 0) is 6.54 Å². The number of likely N-dealkylation sites (N-methyl/N-ethyl adjacent to an activating group) is 1. The maximum Gasteiger partial charge on any atom is 0.323 e. The Kier molecular flexibility index (Phi) is 8.35. The first-order chi connectivity index (χ1) is 17.8. The van der Waals surface area contributed by atoms with Crippen LogP contribution in [0.3, 0.4) is 0 Å². The van der Waals surface area contributed by atoms with Crippen LogP contribution in [0.5, 0.6) is 0 Å². The fourth-order valence-electron chi connectivity index (χ4n) is 4.18. The summed E-state index contributed by atoms with van der Waals surface area (Å²) in [6.45, 7) is 8.56. The van der Waals surface area contributed by atoms with E-state index in [1.54, 1.807) is 12.1 Å². The largest absolute Gasteiger partial charge is 0.370 e. The lowest BCUT2D eigenvalue weighted by atomic mass is 10.0. The van der Waals surface area contributed by atoms with Crippen molar-refractivity contribution in [2.24, 2.45) is 0 Å². The predicted molar refractivity (Wildman–Crippen MR) is 147 cm³/mol. The van der Waals surface area contributed by atoms with Crippen LogP contribution in [0.25, 0.3) is 16.7 Å². The summed E-state index contributed by atoms with van der Waals surface area (Å²) in [5.41, 5.74) is 6.44. The number of aromatic amines is 2. The molecular formula is C30H28FN5O. The highest BCUT2D eigenvalue weighted by Gasteiger charge is 2.19. The number of imidazole rings is 1. The number of halogens is 1. The first-order valence-electron chi connectivity index (χ1n) is 11.5. The van der Waals surface area contributed by atoms with E-state index in [4.69, 9.17) is 5.26 Å². The van der Waals surface area contributed by atoms with Gasteiger partial charge in [0.2, 0.25) is 0 Å². The van der Waals surface area contributed by atoms with E-state index >= 15 is 0 Å². The van der Waals surface area contributed by atoms with Gasteiger partial charge < -0.3 is 19.8 Å². The highest BCUT2D eigenvalue weighted by Crippen LogP contribution is 2.31.